The average Bonchev–Trinajstić information content (AvgIpc) is 2.35. The van der Waals surface area contributed by atoms with Crippen molar-refractivity contribution in [3.8, 4) is 0 Å². The van der Waals surface area contributed by atoms with E-state index in [1.54, 1.807) is 6.20 Å². The molecular weight excluding hydrogens is 322 g/mol. The Balaban J connectivity index is 2.22. The van der Waals surface area contributed by atoms with Crippen molar-refractivity contribution < 1.29 is 5.11 Å². The fourth-order valence-electron chi connectivity index (χ4n) is 2.26. The van der Waals surface area contributed by atoms with Crippen LogP contribution in [0.1, 0.15) is 33.1 Å². The molecule has 0 radical (unpaired) electrons. The maximum Gasteiger partial charge on any atom is 0.291 e. The van der Waals surface area contributed by atoms with Gasteiger partial charge in [0.05, 0.1) is 23.3 Å². The van der Waals surface area contributed by atoms with Gasteiger partial charge in [0.15, 0.2) is 0 Å². The Hall–Kier alpha value is -0.880. The van der Waals surface area contributed by atoms with Crippen LogP contribution in [0.25, 0.3) is 0 Å². The zero-order valence-corrected chi connectivity index (χ0v) is 13.6. The Morgan fingerprint density at radius 2 is 2.25 bits per heavy atom. The van der Waals surface area contributed by atoms with Crippen LogP contribution in [0.2, 0.25) is 0 Å². The number of aliphatic hydroxyl groups is 1. The Kier molecular flexibility index (Phi) is 5.21. The number of halogens is 1. The van der Waals surface area contributed by atoms with Gasteiger partial charge in [-0.15, -0.1) is 0 Å². The van der Waals surface area contributed by atoms with Gasteiger partial charge in [0.1, 0.15) is 5.69 Å². The molecule has 0 amide bonds. The van der Waals surface area contributed by atoms with Crippen LogP contribution in [0, 0.1) is 11.8 Å². The van der Waals surface area contributed by atoms with Crippen LogP contribution in [0.3, 0.4) is 0 Å². The molecule has 2 N–H and O–H groups in total. The Bertz CT molecular complexity index is 512. The monoisotopic (exact) mass is 343 g/mol. The summed E-state index contributed by atoms with van der Waals surface area (Å²) < 4.78 is 2.18. The lowest BCUT2D eigenvalue weighted by Gasteiger charge is -2.26. The van der Waals surface area contributed by atoms with Gasteiger partial charge in [-0.2, -0.15) is 5.10 Å². The molecule has 1 aliphatic carbocycles. The van der Waals surface area contributed by atoms with Gasteiger partial charge in [0.25, 0.3) is 5.56 Å². The minimum absolute atomic E-state index is 0.00546. The standard InChI is InChI=1S/C14H22BrN3O2/c1-9(2)12(8-19)17-13-11(15)6-16-18(14(13)20)7-10-4-3-5-10/h6,9-10,12,17,19H,3-5,7-8H2,1-2H3/t12-/m1/s1. The molecule has 0 saturated heterocycles. The predicted molar refractivity (Wildman–Crippen MR) is 82.9 cm³/mol. The van der Waals surface area contributed by atoms with E-state index in [1.807, 2.05) is 13.8 Å². The van der Waals surface area contributed by atoms with Gasteiger partial charge >= 0.3 is 0 Å². The number of anilines is 1. The summed E-state index contributed by atoms with van der Waals surface area (Å²) in [4.78, 5) is 12.5. The molecule has 1 aromatic rings. The van der Waals surface area contributed by atoms with Gasteiger partial charge in [-0.05, 0) is 40.6 Å². The van der Waals surface area contributed by atoms with Crippen molar-refractivity contribution in [2.75, 3.05) is 11.9 Å². The van der Waals surface area contributed by atoms with E-state index in [1.165, 1.54) is 23.9 Å². The zero-order valence-electron chi connectivity index (χ0n) is 12.0. The van der Waals surface area contributed by atoms with E-state index in [-0.39, 0.29) is 24.1 Å². The molecule has 2 rings (SSSR count). The second-order valence-electron chi connectivity index (χ2n) is 5.83. The molecule has 1 atom stereocenters. The van der Waals surface area contributed by atoms with Crippen LogP contribution in [-0.2, 0) is 6.54 Å². The molecule has 1 aromatic heterocycles. The first kappa shape index (κ1) is 15.5. The van der Waals surface area contributed by atoms with Crippen molar-refractivity contribution in [3.63, 3.8) is 0 Å². The van der Waals surface area contributed by atoms with Gasteiger partial charge in [-0.1, -0.05) is 20.3 Å². The second kappa shape index (κ2) is 6.72. The molecule has 0 aliphatic heterocycles. The SMILES string of the molecule is CC(C)[C@@H](CO)Nc1c(Br)cnn(CC2CCC2)c1=O. The molecule has 6 heteroatoms. The van der Waals surface area contributed by atoms with E-state index in [2.05, 4.69) is 26.3 Å². The number of aliphatic hydroxyl groups excluding tert-OH is 1. The second-order valence-corrected chi connectivity index (χ2v) is 6.68. The molecule has 1 saturated carbocycles. The molecular formula is C14H22BrN3O2. The average molecular weight is 344 g/mol. The van der Waals surface area contributed by atoms with Gasteiger partial charge in [0.2, 0.25) is 0 Å². The smallest absolute Gasteiger partial charge is 0.291 e. The summed E-state index contributed by atoms with van der Waals surface area (Å²) in [6.07, 6.45) is 5.26. The number of hydrogen-bond donors (Lipinski definition) is 2. The fraction of sp³-hybridized carbons (Fsp3) is 0.714. The first-order valence-corrected chi connectivity index (χ1v) is 7.95. The third kappa shape index (κ3) is 3.41. The maximum atomic E-state index is 12.5. The molecule has 5 nitrogen and oxygen atoms in total. The lowest BCUT2D eigenvalue weighted by Crippen LogP contribution is -2.36. The van der Waals surface area contributed by atoms with E-state index in [9.17, 15) is 9.90 Å². The van der Waals surface area contributed by atoms with Gasteiger partial charge < -0.3 is 10.4 Å². The first-order chi connectivity index (χ1) is 9.52. The van der Waals surface area contributed by atoms with Crippen LogP contribution in [-0.4, -0.2) is 27.5 Å². The third-order valence-corrected chi connectivity index (χ3v) is 4.59. The predicted octanol–water partition coefficient (Wildman–Crippen LogP) is 2.23. The lowest BCUT2D eigenvalue weighted by molar-refractivity contribution is 0.248. The largest absolute Gasteiger partial charge is 0.394 e. The molecule has 0 bridgehead atoms. The van der Waals surface area contributed by atoms with E-state index in [0.717, 1.165) is 0 Å². The molecule has 1 heterocycles. The van der Waals surface area contributed by atoms with Crippen molar-refractivity contribution in [1.29, 1.82) is 0 Å². The molecule has 112 valence electrons. The summed E-state index contributed by atoms with van der Waals surface area (Å²) in [5.74, 6) is 0.813. The van der Waals surface area contributed by atoms with Crippen LogP contribution >= 0.6 is 15.9 Å². The Labute approximate surface area is 127 Å². The highest BCUT2D eigenvalue weighted by atomic mass is 79.9. The number of nitrogens with zero attached hydrogens (tertiary/aromatic N) is 2. The number of aromatic nitrogens is 2. The third-order valence-electron chi connectivity index (χ3n) is 3.98. The van der Waals surface area contributed by atoms with E-state index < -0.39 is 0 Å². The summed E-state index contributed by atoms with van der Waals surface area (Å²) in [5.41, 5.74) is 0.373. The van der Waals surface area contributed by atoms with Crippen molar-refractivity contribution in [2.24, 2.45) is 11.8 Å². The van der Waals surface area contributed by atoms with Crippen LogP contribution < -0.4 is 10.9 Å². The summed E-state index contributed by atoms with van der Waals surface area (Å²) in [6.45, 7) is 4.70. The number of nitrogens with one attached hydrogen (secondary N) is 1. The van der Waals surface area contributed by atoms with Crippen molar-refractivity contribution in [2.45, 2.75) is 45.7 Å². The quantitative estimate of drug-likeness (QED) is 0.831. The molecule has 0 aromatic carbocycles. The van der Waals surface area contributed by atoms with E-state index in [4.69, 9.17) is 0 Å². The van der Waals surface area contributed by atoms with E-state index >= 15 is 0 Å². The van der Waals surface area contributed by atoms with Crippen LogP contribution in [0.15, 0.2) is 15.5 Å². The van der Waals surface area contributed by atoms with Gasteiger partial charge in [0, 0.05) is 6.54 Å². The first-order valence-electron chi connectivity index (χ1n) is 7.16. The fourth-order valence-corrected chi connectivity index (χ4v) is 2.63. The lowest BCUT2D eigenvalue weighted by atomic mass is 9.85. The maximum absolute atomic E-state index is 12.5. The number of rotatable bonds is 6. The van der Waals surface area contributed by atoms with Crippen molar-refractivity contribution in [1.82, 2.24) is 9.78 Å². The summed E-state index contributed by atoms with van der Waals surface area (Å²) >= 11 is 3.37. The van der Waals surface area contributed by atoms with Gasteiger partial charge in [-0.3, -0.25) is 4.79 Å². The topological polar surface area (TPSA) is 67.2 Å². The molecule has 0 spiro atoms. The molecule has 1 aliphatic rings. The van der Waals surface area contributed by atoms with Crippen molar-refractivity contribution in [3.05, 3.63) is 21.0 Å². The summed E-state index contributed by atoms with van der Waals surface area (Å²) in [5, 5.41) is 16.7. The zero-order chi connectivity index (χ0) is 14.7. The number of hydrogen-bond acceptors (Lipinski definition) is 4. The van der Waals surface area contributed by atoms with Crippen LogP contribution in [0.4, 0.5) is 5.69 Å². The van der Waals surface area contributed by atoms with Crippen molar-refractivity contribution >= 4 is 21.6 Å². The summed E-state index contributed by atoms with van der Waals surface area (Å²) in [7, 11) is 0. The molecule has 0 unspecified atom stereocenters. The summed E-state index contributed by atoms with van der Waals surface area (Å²) in [6, 6.07) is -0.140. The molecule has 20 heavy (non-hydrogen) atoms. The normalized spacial score (nSPS) is 17.1. The highest BCUT2D eigenvalue weighted by molar-refractivity contribution is 9.10. The Morgan fingerprint density at radius 1 is 1.55 bits per heavy atom. The Morgan fingerprint density at radius 3 is 2.75 bits per heavy atom. The molecule has 1 fully saturated rings. The van der Waals surface area contributed by atoms with Crippen LogP contribution in [0.5, 0.6) is 0 Å². The van der Waals surface area contributed by atoms with E-state index in [0.29, 0.717) is 22.6 Å². The minimum Gasteiger partial charge on any atom is -0.394 e. The highest BCUT2D eigenvalue weighted by Crippen LogP contribution is 2.27. The highest BCUT2D eigenvalue weighted by Gasteiger charge is 2.21. The van der Waals surface area contributed by atoms with Gasteiger partial charge in [-0.25, -0.2) is 4.68 Å². The minimum atomic E-state index is -0.140.